The predicted octanol–water partition coefficient (Wildman–Crippen LogP) is 5.07. The standard InChI is InChI=1S/C30H35N5/c1-24-13-14-29(25(2)21-24)34-19-17-33(18-20-34)16-15-31-23-27-22-30(26-9-5-3-6-10-26)35(32-27)28-11-7-4-8-12-28/h3-14,21-22,31H,15-20,23H2,1-2H3. The van der Waals surface area contributed by atoms with Gasteiger partial charge in [-0.1, -0.05) is 66.2 Å². The largest absolute Gasteiger partial charge is 0.369 e. The van der Waals surface area contributed by atoms with Gasteiger partial charge in [-0.25, -0.2) is 4.68 Å². The van der Waals surface area contributed by atoms with Crippen molar-refractivity contribution < 1.29 is 0 Å². The molecule has 2 heterocycles. The van der Waals surface area contributed by atoms with Gasteiger partial charge in [-0.15, -0.1) is 0 Å². The van der Waals surface area contributed by atoms with E-state index in [-0.39, 0.29) is 0 Å². The Bertz CT molecular complexity index is 1170. The number of benzene rings is 3. The van der Waals surface area contributed by atoms with Crippen molar-refractivity contribution in [1.82, 2.24) is 20.0 Å². The third-order valence-corrected chi connectivity index (χ3v) is 6.81. The molecule has 1 aliphatic rings. The Hall–Kier alpha value is -3.41. The lowest BCUT2D eigenvalue weighted by molar-refractivity contribution is 0.257. The summed E-state index contributed by atoms with van der Waals surface area (Å²) in [6, 6.07) is 29.9. The minimum absolute atomic E-state index is 0.766. The van der Waals surface area contributed by atoms with E-state index in [0.717, 1.165) is 62.9 Å². The van der Waals surface area contributed by atoms with Crippen LogP contribution < -0.4 is 10.2 Å². The average Bonchev–Trinajstić information content (AvgIpc) is 3.33. The summed E-state index contributed by atoms with van der Waals surface area (Å²) in [5.41, 5.74) is 8.54. The summed E-state index contributed by atoms with van der Waals surface area (Å²) in [4.78, 5) is 5.09. The van der Waals surface area contributed by atoms with Crippen LogP contribution in [-0.4, -0.2) is 53.9 Å². The van der Waals surface area contributed by atoms with Crippen LogP contribution in [0.1, 0.15) is 16.8 Å². The van der Waals surface area contributed by atoms with Gasteiger partial charge in [0.15, 0.2) is 0 Å². The normalized spacial score (nSPS) is 14.4. The third kappa shape index (κ3) is 5.64. The van der Waals surface area contributed by atoms with Gasteiger partial charge in [0.25, 0.3) is 0 Å². The first-order chi connectivity index (χ1) is 17.2. The zero-order valence-corrected chi connectivity index (χ0v) is 20.8. The van der Waals surface area contributed by atoms with Crippen molar-refractivity contribution in [2.75, 3.05) is 44.2 Å². The molecule has 1 N–H and O–H groups in total. The minimum Gasteiger partial charge on any atom is -0.369 e. The predicted molar refractivity (Wildman–Crippen MR) is 145 cm³/mol. The molecule has 0 amide bonds. The van der Waals surface area contributed by atoms with Crippen LogP contribution in [0.2, 0.25) is 0 Å². The van der Waals surface area contributed by atoms with E-state index >= 15 is 0 Å². The zero-order valence-electron chi connectivity index (χ0n) is 20.8. The topological polar surface area (TPSA) is 36.3 Å². The summed E-state index contributed by atoms with van der Waals surface area (Å²) in [5, 5.41) is 8.55. The Kier molecular flexibility index (Phi) is 7.26. The van der Waals surface area contributed by atoms with Gasteiger partial charge in [-0.3, -0.25) is 4.90 Å². The maximum Gasteiger partial charge on any atom is 0.0773 e. The maximum atomic E-state index is 4.93. The van der Waals surface area contributed by atoms with Gasteiger partial charge in [0.1, 0.15) is 0 Å². The molecule has 35 heavy (non-hydrogen) atoms. The van der Waals surface area contributed by atoms with Crippen LogP contribution >= 0.6 is 0 Å². The number of piperazine rings is 1. The number of para-hydroxylation sites is 1. The summed E-state index contributed by atoms with van der Waals surface area (Å²) in [6.45, 7) is 11.6. The van der Waals surface area contributed by atoms with Crippen molar-refractivity contribution in [1.29, 1.82) is 0 Å². The lowest BCUT2D eigenvalue weighted by atomic mass is 10.1. The van der Waals surface area contributed by atoms with E-state index < -0.39 is 0 Å². The second kappa shape index (κ2) is 10.9. The Morgan fingerprint density at radius 2 is 1.51 bits per heavy atom. The molecule has 180 valence electrons. The second-order valence-corrected chi connectivity index (χ2v) is 9.43. The third-order valence-electron chi connectivity index (χ3n) is 6.81. The number of nitrogens with zero attached hydrogens (tertiary/aromatic N) is 4. The zero-order chi connectivity index (χ0) is 24.0. The molecular formula is C30H35N5. The lowest BCUT2D eigenvalue weighted by Gasteiger charge is -2.37. The Morgan fingerprint density at radius 3 is 2.23 bits per heavy atom. The molecule has 0 aliphatic carbocycles. The number of aryl methyl sites for hydroxylation is 2. The monoisotopic (exact) mass is 465 g/mol. The summed E-state index contributed by atoms with van der Waals surface area (Å²) in [5.74, 6) is 0. The van der Waals surface area contributed by atoms with Crippen LogP contribution in [0.25, 0.3) is 16.9 Å². The smallest absolute Gasteiger partial charge is 0.0773 e. The first-order valence-corrected chi connectivity index (χ1v) is 12.6. The number of hydrogen-bond acceptors (Lipinski definition) is 4. The molecule has 0 spiro atoms. The molecule has 1 aliphatic heterocycles. The fourth-order valence-electron chi connectivity index (χ4n) is 4.92. The van der Waals surface area contributed by atoms with Crippen molar-refractivity contribution in [3.63, 3.8) is 0 Å². The number of aromatic nitrogens is 2. The van der Waals surface area contributed by atoms with E-state index in [2.05, 4.69) is 113 Å². The number of hydrogen-bond donors (Lipinski definition) is 1. The van der Waals surface area contributed by atoms with Crippen LogP contribution in [0.4, 0.5) is 5.69 Å². The fraction of sp³-hybridized carbons (Fsp3) is 0.300. The van der Waals surface area contributed by atoms with E-state index in [4.69, 9.17) is 5.10 Å². The van der Waals surface area contributed by atoms with Crippen LogP contribution in [0.3, 0.4) is 0 Å². The fourth-order valence-corrected chi connectivity index (χ4v) is 4.92. The molecule has 0 bridgehead atoms. The lowest BCUT2D eigenvalue weighted by Crippen LogP contribution is -2.48. The highest BCUT2D eigenvalue weighted by molar-refractivity contribution is 5.62. The molecule has 0 unspecified atom stereocenters. The quantitative estimate of drug-likeness (QED) is 0.369. The van der Waals surface area contributed by atoms with Gasteiger partial charge < -0.3 is 10.2 Å². The highest BCUT2D eigenvalue weighted by atomic mass is 15.3. The van der Waals surface area contributed by atoms with Crippen molar-refractivity contribution in [3.05, 3.63) is 102 Å². The Morgan fingerprint density at radius 1 is 0.800 bits per heavy atom. The average molecular weight is 466 g/mol. The van der Waals surface area contributed by atoms with Gasteiger partial charge in [0.2, 0.25) is 0 Å². The first kappa shape index (κ1) is 23.3. The van der Waals surface area contributed by atoms with Crippen LogP contribution in [-0.2, 0) is 6.54 Å². The molecule has 0 radical (unpaired) electrons. The van der Waals surface area contributed by atoms with Gasteiger partial charge in [-0.2, -0.15) is 5.10 Å². The molecule has 5 heteroatoms. The molecule has 5 nitrogen and oxygen atoms in total. The molecule has 1 saturated heterocycles. The Labute approximate surface area is 209 Å². The van der Waals surface area contributed by atoms with E-state index in [1.165, 1.54) is 22.4 Å². The van der Waals surface area contributed by atoms with Crippen molar-refractivity contribution in [3.8, 4) is 16.9 Å². The van der Waals surface area contributed by atoms with Gasteiger partial charge in [-0.05, 0) is 43.7 Å². The summed E-state index contributed by atoms with van der Waals surface area (Å²) in [6.07, 6.45) is 0. The molecule has 0 atom stereocenters. The molecule has 0 saturated carbocycles. The van der Waals surface area contributed by atoms with Gasteiger partial charge in [0.05, 0.1) is 17.1 Å². The van der Waals surface area contributed by atoms with Crippen molar-refractivity contribution in [2.45, 2.75) is 20.4 Å². The van der Waals surface area contributed by atoms with Gasteiger partial charge in [0, 0.05) is 57.1 Å². The number of anilines is 1. The van der Waals surface area contributed by atoms with Crippen LogP contribution in [0.15, 0.2) is 84.9 Å². The second-order valence-electron chi connectivity index (χ2n) is 9.43. The molecule has 1 aromatic heterocycles. The highest BCUT2D eigenvalue weighted by Gasteiger charge is 2.18. The maximum absolute atomic E-state index is 4.93. The van der Waals surface area contributed by atoms with Crippen LogP contribution in [0.5, 0.6) is 0 Å². The SMILES string of the molecule is Cc1ccc(N2CCN(CCNCc3cc(-c4ccccc4)n(-c4ccccc4)n3)CC2)c(C)c1. The van der Waals surface area contributed by atoms with Crippen LogP contribution in [0, 0.1) is 13.8 Å². The molecule has 5 rings (SSSR count). The highest BCUT2D eigenvalue weighted by Crippen LogP contribution is 2.24. The summed E-state index contributed by atoms with van der Waals surface area (Å²) >= 11 is 0. The van der Waals surface area contributed by atoms with E-state index in [9.17, 15) is 0 Å². The number of nitrogens with one attached hydrogen (secondary N) is 1. The van der Waals surface area contributed by atoms with E-state index in [1.807, 2.05) is 6.07 Å². The molecule has 4 aromatic rings. The first-order valence-electron chi connectivity index (χ1n) is 12.6. The van der Waals surface area contributed by atoms with E-state index in [1.54, 1.807) is 0 Å². The van der Waals surface area contributed by atoms with Crippen molar-refractivity contribution in [2.24, 2.45) is 0 Å². The Balaban J connectivity index is 1.15. The molecule has 3 aromatic carbocycles. The number of rotatable bonds is 8. The minimum atomic E-state index is 0.766. The van der Waals surface area contributed by atoms with Gasteiger partial charge >= 0.3 is 0 Å². The molecular weight excluding hydrogens is 430 g/mol. The molecule has 1 fully saturated rings. The van der Waals surface area contributed by atoms with E-state index in [0.29, 0.717) is 0 Å². The summed E-state index contributed by atoms with van der Waals surface area (Å²) < 4.78 is 2.05. The van der Waals surface area contributed by atoms with Crippen molar-refractivity contribution >= 4 is 5.69 Å². The summed E-state index contributed by atoms with van der Waals surface area (Å²) in [7, 11) is 0.